The zero-order chi connectivity index (χ0) is 17.6. The Morgan fingerprint density at radius 2 is 1.96 bits per heavy atom. The van der Waals surface area contributed by atoms with Gasteiger partial charge >= 0.3 is 0 Å². The molecule has 0 unspecified atom stereocenters. The highest BCUT2D eigenvalue weighted by atomic mass is 15.2. The molecule has 0 spiro atoms. The van der Waals surface area contributed by atoms with Crippen molar-refractivity contribution >= 4 is 22.8 Å². The van der Waals surface area contributed by atoms with Crippen LogP contribution in [0.4, 0.5) is 11.6 Å². The second kappa shape index (κ2) is 5.66. The fourth-order valence-electron chi connectivity index (χ4n) is 3.23. The summed E-state index contributed by atoms with van der Waals surface area (Å²) in [6, 6.07) is 3.76. The Kier molecular flexibility index (Phi) is 3.57. The highest BCUT2D eigenvalue weighted by molar-refractivity contribution is 5.88. The Bertz CT molecular complexity index is 899. The third kappa shape index (κ3) is 3.00. The highest BCUT2D eigenvalue weighted by Crippen LogP contribution is 2.28. The zero-order valence-electron chi connectivity index (χ0n) is 14.5. The van der Waals surface area contributed by atoms with Crippen LogP contribution in [0, 0.1) is 6.92 Å². The SMILES string of the molecule is Cc1cc(-c2[nH]nc3nc(N4CCC(C)(N)CC4)cnc23)cc(N)n1. The van der Waals surface area contributed by atoms with Crippen LogP contribution < -0.4 is 16.4 Å². The number of aromatic amines is 1. The summed E-state index contributed by atoms with van der Waals surface area (Å²) in [5, 5.41) is 7.36. The topological polar surface area (TPSA) is 123 Å². The van der Waals surface area contributed by atoms with Crippen molar-refractivity contribution in [1.29, 1.82) is 0 Å². The average molecular weight is 338 g/mol. The van der Waals surface area contributed by atoms with Gasteiger partial charge in [-0.3, -0.25) is 5.10 Å². The van der Waals surface area contributed by atoms with Crippen molar-refractivity contribution < 1.29 is 0 Å². The van der Waals surface area contributed by atoms with Gasteiger partial charge in [0.05, 0.1) is 11.9 Å². The molecule has 0 aromatic carbocycles. The number of pyridine rings is 1. The Morgan fingerprint density at radius 3 is 2.68 bits per heavy atom. The number of hydrogen-bond acceptors (Lipinski definition) is 7. The minimum atomic E-state index is -0.0906. The molecular weight excluding hydrogens is 316 g/mol. The molecule has 3 aromatic heterocycles. The first-order valence-corrected chi connectivity index (χ1v) is 8.41. The molecule has 8 nitrogen and oxygen atoms in total. The first-order valence-electron chi connectivity index (χ1n) is 8.41. The maximum atomic E-state index is 6.21. The number of anilines is 2. The zero-order valence-corrected chi connectivity index (χ0v) is 14.5. The first-order chi connectivity index (χ1) is 11.9. The lowest BCUT2D eigenvalue weighted by molar-refractivity contribution is 0.363. The Hall–Kier alpha value is -2.74. The normalized spacial score (nSPS) is 17.2. The van der Waals surface area contributed by atoms with Gasteiger partial charge in [-0.25, -0.2) is 15.0 Å². The molecule has 5 N–H and O–H groups in total. The number of nitrogens with two attached hydrogens (primary N) is 2. The van der Waals surface area contributed by atoms with E-state index >= 15 is 0 Å². The molecular formula is C17H22N8. The van der Waals surface area contributed by atoms with Crippen molar-refractivity contribution in [1.82, 2.24) is 25.1 Å². The van der Waals surface area contributed by atoms with Crippen molar-refractivity contribution in [3.8, 4) is 11.3 Å². The molecule has 0 bridgehead atoms. The molecule has 3 aromatic rings. The van der Waals surface area contributed by atoms with Crippen LogP contribution >= 0.6 is 0 Å². The lowest BCUT2D eigenvalue weighted by atomic mass is 9.91. The molecule has 1 aliphatic rings. The monoisotopic (exact) mass is 338 g/mol. The van der Waals surface area contributed by atoms with E-state index in [9.17, 15) is 0 Å². The summed E-state index contributed by atoms with van der Waals surface area (Å²) in [5.74, 6) is 1.31. The third-order valence-electron chi connectivity index (χ3n) is 4.74. The number of aryl methyl sites for hydroxylation is 1. The molecule has 25 heavy (non-hydrogen) atoms. The van der Waals surface area contributed by atoms with E-state index in [1.807, 2.05) is 19.1 Å². The summed E-state index contributed by atoms with van der Waals surface area (Å²) in [6.07, 6.45) is 3.68. The van der Waals surface area contributed by atoms with Crippen LogP contribution in [0.2, 0.25) is 0 Å². The van der Waals surface area contributed by atoms with E-state index in [-0.39, 0.29) is 5.54 Å². The van der Waals surface area contributed by atoms with Crippen LogP contribution in [0.25, 0.3) is 22.4 Å². The lowest BCUT2D eigenvalue weighted by Crippen LogP contribution is -2.48. The van der Waals surface area contributed by atoms with Gasteiger partial charge in [0.15, 0.2) is 0 Å². The number of hydrogen-bond donors (Lipinski definition) is 3. The minimum absolute atomic E-state index is 0.0906. The molecule has 130 valence electrons. The van der Waals surface area contributed by atoms with Gasteiger partial charge in [0.1, 0.15) is 17.2 Å². The van der Waals surface area contributed by atoms with Gasteiger partial charge in [-0.05, 0) is 38.8 Å². The van der Waals surface area contributed by atoms with Gasteiger partial charge in [-0.2, -0.15) is 5.10 Å². The number of fused-ring (bicyclic) bond motifs is 1. The van der Waals surface area contributed by atoms with Crippen molar-refractivity contribution in [2.24, 2.45) is 5.73 Å². The first kappa shape index (κ1) is 15.8. The Balaban J connectivity index is 1.67. The average Bonchev–Trinajstić information content (AvgIpc) is 2.97. The largest absolute Gasteiger partial charge is 0.384 e. The van der Waals surface area contributed by atoms with Gasteiger partial charge < -0.3 is 16.4 Å². The maximum absolute atomic E-state index is 6.21. The van der Waals surface area contributed by atoms with Crippen LogP contribution in [-0.4, -0.2) is 43.8 Å². The van der Waals surface area contributed by atoms with Gasteiger partial charge in [0, 0.05) is 29.9 Å². The van der Waals surface area contributed by atoms with Crippen LogP contribution in [0.5, 0.6) is 0 Å². The van der Waals surface area contributed by atoms with Gasteiger partial charge in [0.2, 0.25) is 5.65 Å². The number of nitrogen functional groups attached to an aromatic ring is 1. The Morgan fingerprint density at radius 1 is 1.20 bits per heavy atom. The van der Waals surface area contributed by atoms with E-state index < -0.39 is 0 Å². The molecule has 1 saturated heterocycles. The molecule has 0 aliphatic carbocycles. The minimum Gasteiger partial charge on any atom is -0.384 e. The maximum Gasteiger partial charge on any atom is 0.202 e. The van der Waals surface area contributed by atoms with Crippen molar-refractivity contribution in [2.75, 3.05) is 23.7 Å². The fraction of sp³-hybridized carbons (Fsp3) is 0.412. The standard InChI is InChI=1S/C17H22N8/c1-10-7-11(8-12(18)21-10)14-15-16(24-23-14)22-13(9-20-15)25-5-3-17(2,19)4-6-25/h7-9H,3-6,19H2,1-2H3,(H2,18,21)(H,22,23,24). The van der Waals surface area contributed by atoms with Crippen LogP contribution in [0.3, 0.4) is 0 Å². The van der Waals surface area contributed by atoms with Gasteiger partial charge in [0.25, 0.3) is 0 Å². The second-order valence-corrected chi connectivity index (χ2v) is 7.06. The molecule has 1 fully saturated rings. The van der Waals surface area contributed by atoms with E-state index in [1.54, 1.807) is 6.20 Å². The molecule has 1 aliphatic heterocycles. The summed E-state index contributed by atoms with van der Waals surface area (Å²) >= 11 is 0. The molecule has 8 heteroatoms. The predicted octanol–water partition coefficient (Wildman–Crippen LogP) is 1.62. The van der Waals surface area contributed by atoms with E-state index in [2.05, 4.69) is 37.0 Å². The molecule has 4 rings (SSSR count). The number of H-pyrrole nitrogens is 1. The van der Waals surface area contributed by atoms with Crippen LogP contribution in [-0.2, 0) is 0 Å². The third-order valence-corrected chi connectivity index (χ3v) is 4.74. The van der Waals surface area contributed by atoms with E-state index in [0.717, 1.165) is 54.2 Å². The molecule has 0 radical (unpaired) electrons. The molecule has 0 amide bonds. The second-order valence-electron chi connectivity index (χ2n) is 7.06. The predicted molar refractivity (Wildman–Crippen MR) is 98.1 cm³/mol. The summed E-state index contributed by atoms with van der Waals surface area (Å²) in [4.78, 5) is 15.7. The molecule has 0 saturated carbocycles. The number of aromatic nitrogens is 5. The molecule has 0 atom stereocenters. The summed E-state index contributed by atoms with van der Waals surface area (Å²) in [7, 11) is 0. The summed E-state index contributed by atoms with van der Waals surface area (Å²) < 4.78 is 0. The van der Waals surface area contributed by atoms with E-state index in [4.69, 9.17) is 11.5 Å². The smallest absolute Gasteiger partial charge is 0.202 e. The van der Waals surface area contributed by atoms with E-state index in [1.165, 1.54) is 0 Å². The number of rotatable bonds is 2. The summed E-state index contributed by atoms with van der Waals surface area (Å²) in [6.45, 7) is 5.76. The summed E-state index contributed by atoms with van der Waals surface area (Å²) in [5.41, 5.74) is 15.9. The van der Waals surface area contributed by atoms with Crippen molar-refractivity contribution in [2.45, 2.75) is 32.2 Å². The number of piperidine rings is 1. The van der Waals surface area contributed by atoms with Crippen LogP contribution in [0.1, 0.15) is 25.5 Å². The highest BCUT2D eigenvalue weighted by Gasteiger charge is 2.27. The van der Waals surface area contributed by atoms with Crippen molar-refractivity contribution in [3.63, 3.8) is 0 Å². The van der Waals surface area contributed by atoms with Gasteiger partial charge in [-0.15, -0.1) is 0 Å². The van der Waals surface area contributed by atoms with Crippen molar-refractivity contribution in [3.05, 3.63) is 24.0 Å². The lowest BCUT2D eigenvalue weighted by Gasteiger charge is -2.37. The quantitative estimate of drug-likeness (QED) is 0.649. The van der Waals surface area contributed by atoms with Gasteiger partial charge in [-0.1, -0.05) is 0 Å². The van der Waals surface area contributed by atoms with E-state index in [0.29, 0.717) is 11.5 Å². The Labute approximate surface area is 145 Å². The number of nitrogens with zero attached hydrogens (tertiary/aromatic N) is 5. The van der Waals surface area contributed by atoms with Crippen LogP contribution in [0.15, 0.2) is 18.3 Å². The number of nitrogens with one attached hydrogen (secondary N) is 1. The molecule has 4 heterocycles. The fourth-order valence-corrected chi connectivity index (χ4v) is 3.23.